The molecule has 1 aromatic heterocycles. The summed E-state index contributed by atoms with van der Waals surface area (Å²) in [4.78, 5) is 14.4. The van der Waals surface area contributed by atoms with Crippen LogP contribution in [0.25, 0.3) is 0 Å². The maximum absolute atomic E-state index is 10.3. The minimum Gasteiger partial charge on any atom is -0.480 e. The van der Waals surface area contributed by atoms with Crippen LogP contribution in [0.5, 0.6) is 0 Å². The summed E-state index contributed by atoms with van der Waals surface area (Å²) in [6.07, 6.45) is 2.37. The van der Waals surface area contributed by atoms with Gasteiger partial charge in [0, 0.05) is 18.3 Å². The second-order valence-corrected chi connectivity index (χ2v) is 3.09. The SMILES string of the molecule is NC(COCCc1ccccn1)C(=O)O. The molecule has 0 spiro atoms. The van der Waals surface area contributed by atoms with E-state index in [1.807, 2.05) is 18.2 Å². The van der Waals surface area contributed by atoms with Gasteiger partial charge in [0.1, 0.15) is 6.04 Å². The highest BCUT2D eigenvalue weighted by Gasteiger charge is 2.10. The number of carboxylic acid groups (broad SMARTS) is 1. The van der Waals surface area contributed by atoms with E-state index in [1.165, 1.54) is 0 Å². The van der Waals surface area contributed by atoms with Crippen molar-refractivity contribution in [1.82, 2.24) is 4.98 Å². The predicted octanol–water partition coefficient (Wildman–Crippen LogP) is 0.0526. The topological polar surface area (TPSA) is 85.4 Å². The molecular formula is C10H14N2O3. The zero-order chi connectivity index (χ0) is 11.1. The van der Waals surface area contributed by atoms with E-state index in [-0.39, 0.29) is 6.61 Å². The van der Waals surface area contributed by atoms with Crippen LogP contribution in [0, 0.1) is 0 Å². The number of pyridine rings is 1. The minimum absolute atomic E-state index is 0.0299. The number of nitrogens with two attached hydrogens (primary N) is 1. The van der Waals surface area contributed by atoms with E-state index in [2.05, 4.69) is 4.98 Å². The fourth-order valence-corrected chi connectivity index (χ4v) is 1.00. The first kappa shape index (κ1) is 11.6. The molecule has 0 aliphatic heterocycles. The van der Waals surface area contributed by atoms with Gasteiger partial charge >= 0.3 is 5.97 Å². The fourth-order valence-electron chi connectivity index (χ4n) is 1.00. The summed E-state index contributed by atoms with van der Waals surface area (Å²) < 4.78 is 5.11. The molecule has 0 amide bonds. The standard InChI is InChI=1S/C10H14N2O3/c11-9(10(13)14)7-15-6-4-8-3-1-2-5-12-8/h1-3,5,9H,4,6-7,11H2,(H,13,14). The van der Waals surface area contributed by atoms with Crippen molar-refractivity contribution < 1.29 is 14.6 Å². The Kier molecular flexibility index (Phi) is 4.73. The molecule has 5 heteroatoms. The molecule has 0 fully saturated rings. The van der Waals surface area contributed by atoms with Gasteiger partial charge in [0.25, 0.3) is 0 Å². The van der Waals surface area contributed by atoms with Crippen LogP contribution in [-0.4, -0.2) is 35.3 Å². The number of hydrogen-bond donors (Lipinski definition) is 2. The van der Waals surface area contributed by atoms with Gasteiger partial charge in [0.2, 0.25) is 0 Å². The van der Waals surface area contributed by atoms with E-state index in [0.717, 1.165) is 5.69 Å². The van der Waals surface area contributed by atoms with Gasteiger partial charge in [-0.05, 0) is 12.1 Å². The van der Waals surface area contributed by atoms with Crippen molar-refractivity contribution in [2.24, 2.45) is 5.73 Å². The van der Waals surface area contributed by atoms with Crippen molar-refractivity contribution in [2.45, 2.75) is 12.5 Å². The van der Waals surface area contributed by atoms with E-state index in [1.54, 1.807) is 6.20 Å². The highest BCUT2D eigenvalue weighted by molar-refractivity contribution is 5.73. The van der Waals surface area contributed by atoms with Crippen LogP contribution in [0.2, 0.25) is 0 Å². The summed E-state index contributed by atoms with van der Waals surface area (Å²) >= 11 is 0. The molecule has 0 aliphatic rings. The molecule has 0 bridgehead atoms. The van der Waals surface area contributed by atoms with Crippen molar-refractivity contribution in [3.63, 3.8) is 0 Å². The zero-order valence-electron chi connectivity index (χ0n) is 8.30. The molecule has 1 unspecified atom stereocenters. The number of nitrogens with zero attached hydrogens (tertiary/aromatic N) is 1. The second kappa shape index (κ2) is 6.10. The summed E-state index contributed by atoms with van der Waals surface area (Å²) in [6.45, 7) is 0.458. The Bertz CT molecular complexity index is 303. The summed E-state index contributed by atoms with van der Waals surface area (Å²) in [5.74, 6) is -1.05. The van der Waals surface area contributed by atoms with Crippen LogP contribution in [0.15, 0.2) is 24.4 Å². The van der Waals surface area contributed by atoms with Crippen LogP contribution in [0.4, 0.5) is 0 Å². The van der Waals surface area contributed by atoms with Crippen molar-refractivity contribution in [2.75, 3.05) is 13.2 Å². The molecule has 1 atom stereocenters. The normalized spacial score (nSPS) is 12.3. The molecule has 0 saturated carbocycles. The molecule has 5 nitrogen and oxygen atoms in total. The van der Waals surface area contributed by atoms with Crippen LogP contribution in [-0.2, 0) is 16.0 Å². The summed E-state index contributed by atoms with van der Waals surface area (Å²) in [6, 6.07) is 4.67. The number of carbonyl (C=O) groups is 1. The first-order chi connectivity index (χ1) is 7.20. The molecule has 0 aromatic carbocycles. The third-order valence-electron chi connectivity index (χ3n) is 1.84. The Hall–Kier alpha value is -1.46. The molecule has 82 valence electrons. The third kappa shape index (κ3) is 4.53. The van der Waals surface area contributed by atoms with Gasteiger partial charge in [-0.15, -0.1) is 0 Å². The van der Waals surface area contributed by atoms with Crippen molar-refractivity contribution >= 4 is 5.97 Å². The van der Waals surface area contributed by atoms with Gasteiger partial charge in [0.05, 0.1) is 13.2 Å². The number of aromatic nitrogens is 1. The first-order valence-electron chi connectivity index (χ1n) is 4.66. The maximum atomic E-state index is 10.3. The first-order valence-corrected chi connectivity index (χ1v) is 4.66. The lowest BCUT2D eigenvalue weighted by Gasteiger charge is -2.07. The van der Waals surface area contributed by atoms with Gasteiger partial charge < -0.3 is 15.6 Å². The van der Waals surface area contributed by atoms with Gasteiger partial charge in [-0.1, -0.05) is 6.07 Å². The highest BCUT2D eigenvalue weighted by Crippen LogP contribution is 1.95. The lowest BCUT2D eigenvalue weighted by molar-refractivity contribution is -0.140. The van der Waals surface area contributed by atoms with E-state index >= 15 is 0 Å². The van der Waals surface area contributed by atoms with Gasteiger partial charge in [-0.3, -0.25) is 9.78 Å². The van der Waals surface area contributed by atoms with Crippen molar-refractivity contribution in [1.29, 1.82) is 0 Å². The molecule has 1 heterocycles. The summed E-state index contributed by atoms with van der Waals surface area (Å²) in [5, 5.41) is 8.48. The number of rotatable bonds is 6. The Morgan fingerprint density at radius 3 is 3.00 bits per heavy atom. The largest absolute Gasteiger partial charge is 0.480 e. The quantitative estimate of drug-likeness (QED) is 0.648. The van der Waals surface area contributed by atoms with Gasteiger partial charge in [0.15, 0.2) is 0 Å². The Labute approximate surface area is 87.9 Å². The molecule has 0 aliphatic carbocycles. The Morgan fingerprint density at radius 2 is 2.40 bits per heavy atom. The van der Waals surface area contributed by atoms with Crippen molar-refractivity contribution in [3.8, 4) is 0 Å². The average molecular weight is 210 g/mol. The van der Waals surface area contributed by atoms with Crippen LogP contribution in [0.3, 0.4) is 0 Å². The molecule has 0 radical (unpaired) electrons. The van der Waals surface area contributed by atoms with E-state index in [0.29, 0.717) is 13.0 Å². The van der Waals surface area contributed by atoms with E-state index < -0.39 is 12.0 Å². The number of ether oxygens (including phenoxy) is 1. The molecule has 0 saturated heterocycles. The summed E-state index contributed by atoms with van der Waals surface area (Å²) in [7, 11) is 0. The predicted molar refractivity (Wildman–Crippen MR) is 54.4 cm³/mol. The molecule has 3 N–H and O–H groups in total. The van der Waals surface area contributed by atoms with Crippen LogP contribution >= 0.6 is 0 Å². The molecular weight excluding hydrogens is 196 g/mol. The monoisotopic (exact) mass is 210 g/mol. The Morgan fingerprint density at radius 1 is 1.60 bits per heavy atom. The summed E-state index contributed by atoms with van der Waals surface area (Å²) in [5.41, 5.74) is 6.17. The smallest absolute Gasteiger partial charge is 0.322 e. The number of carboxylic acids is 1. The zero-order valence-corrected chi connectivity index (χ0v) is 8.30. The Balaban J connectivity index is 2.15. The van der Waals surface area contributed by atoms with E-state index in [4.69, 9.17) is 15.6 Å². The van der Waals surface area contributed by atoms with Crippen LogP contribution < -0.4 is 5.73 Å². The van der Waals surface area contributed by atoms with E-state index in [9.17, 15) is 4.79 Å². The third-order valence-corrected chi connectivity index (χ3v) is 1.84. The van der Waals surface area contributed by atoms with Gasteiger partial charge in [-0.2, -0.15) is 0 Å². The minimum atomic E-state index is -1.05. The van der Waals surface area contributed by atoms with Gasteiger partial charge in [-0.25, -0.2) is 0 Å². The number of aliphatic carboxylic acids is 1. The van der Waals surface area contributed by atoms with Crippen LogP contribution in [0.1, 0.15) is 5.69 Å². The molecule has 1 aromatic rings. The second-order valence-electron chi connectivity index (χ2n) is 3.09. The lowest BCUT2D eigenvalue weighted by Crippen LogP contribution is -2.35. The molecule has 15 heavy (non-hydrogen) atoms. The average Bonchev–Trinajstić information content (AvgIpc) is 2.25. The fraction of sp³-hybridized carbons (Fsp3) is 0.400. The maximum Gasteiger partial charge on any atom is 0.322 e. The van der Waals surface area contributed by atoms with Crippen molar-refractivity contribution in [3.05, 3.63) is 30.1 Å². The highest BCUT2D eigenvalue weighted by atomic mass is 16.5. The molecule has 1 rings (SSSR count). The number of hydrogen-bond acceptors (Lipinski definition) is 4. The lowest BCUT2D eigenvalue weighted by atomic mass is 10.3.